The zero-order valence-corrected chi connectivity index (χ0v) is 35.5. The van der Waals surface area contributed by atoms with Crippen molar-refractivity contribution >= 4 is 29.1 Å². The van der Waals surface area contributed by atoms with Crippen LogP contribution in [0.15, 0.2) is 22.8 Å². The molecule has 0 saturated carbocycles. The molecule has 0 spiro atoms. The molecule has 1 aromatic rings. The monoisotopic (exact) mass is 719 g/mol. The number of rotatable bonds is 10. The summed E-state index contributed by atoms with van der Waals surface area (Å²) in [4.78, 5) is 42.6. The molecule has 1 N–H and O–H groups in total. The minimum Gasteiger partial charge on any atom is -0.444 e. The Labute approximate surface area is 311 Å². The molecular weight excluding hydrogens is 645 g/mol. The van der Waals surface area contributed by atoms with Gasteiger partial charge >= 0.3 is 6.09 Å². The quantitative estimate of drug-likeness (QED) is 0.192. The number of hydrogen-bond donors (Lipinski definition) is 1. The van der Waals surface area contributed by atoms with Gasteiger partial charge in [0.05, 0.1) is 5.56 Å². The van der Waals surface area contributed by atoms with Gasteiger partial charge in [0.25, 0.3) is 5.91 Å². The lowest BCUT2D eigenvalue weighted by atomic mass is 9.86. The van der Waals surface area contributed by atoms with Crippen LogP contribution in [0.4, 0.5) is 4.79 Å². The number of thiophene rings is 1. The molecule has 2 atom stereocenters. The van der Waals surface area contributed by atoms with Crippen LogP contribution in [0.3, 0.4) is 0 Å². The number of likely N-dealkylation sites (tertiary alicyclic amines) is 1. The zero-order valence-electron chi connectivity index (χ0n) is 34.7. The van der Waals surface area contributed by atoms with Crippen LogP contribution in [0.2, 0.25) is 0 Å². The molecule has 1 aromatic heterocycles. The average Bonchev–Trinajstić information content (AvgIpc) is 3.66. The number of amides is 2. The number of ketones is 1. The van der Waals surface area contributed by atoms with E-state index in [0.29, 0.717) is 30.6 Å². The van der Waals surface area contributed by atoms with Crippen LogP contribution >= 0.6 is 11.3 Å². The molecule has 50 heavy (non-hydrogen) atoms. The first-order valence-corrected chi connectivity index (χ1v) is 20.1. The number of ether oxygens (including phenoxy) is 2. The smallest absolute Gasteiger partial charge is 0.410 e. The van der Waals surface area contributed by atoms with E-state index in [2.05, 4.69) is 33.0 Å². The fourth-order valence-corrected chi connectivity index (χ4v) is 7.21. The average molecular weight is 719 g/mol. The Kier molecular flexibility index (Phi) is 23.5. The molecular formula is C42H74N2O5S. The standard InChI is InChI=1S/C28H42N2O4S.C9H18O.C3H8.C2H6/c1-10-11-23(31)22(18(4)14-17(2)3)15-29-26(32)24-19(5)20(6)35-25(24)21-12-13-30(16-21)27(33)34-28(7,8)9;1-3-8(2)9-4-6-10-7-5-9;1-3-2;1-2/h14,21H,10-13,15-16H2,1-9H3,(H,29,32);8-9H,3-7H2,1-2H3;3H2,1-2H3;1-2H3/b22-18-;;;. The molecule has 0 radical (unpaired) electrons. The molecule has 2 amide bonds. The summed E-state index contributed by atoms with van der Waals surface area (Å²) in [6, 6.07) is 0. The van der Waals surface area contributed by atoms with Crippen LogP contribution in [0.5, 0.6) is 0 Å². The summed E-state index contributed by atoms with van der Waals surface area (Å²) >= 11 is 1.63. The van der Waals surface area contributed by atoms with E-state index in [1.807, 2.05) is 82.2 Å². The van der Waals surface area contributed by atoms with Crippen LogP contribution in [-0.2, 0) is 14.3 Å². The first kappa shape index (κ1) is 47.5. The van der Waals surface area contributed by atoms with Crippen molar-refractivity contribution in [1.29, 1.82) is 0 Å². The Hall–Kier alpha value is -2.45. The molecule has 2 saturated heterocycles. The first-order chi connectivity index (χ1) is 23.5. The normalized spacial score (nSPS) is 17.0. The number of allylic oxidation sites excluding steroid dienone is 3. The number of aryl methyl sites for hydroxylation is 1. The third-order valence-electron chi connectivity index (χ3n) is 8.79. The van der Waals surface area contributed by atoms with Crippen molar-refractivity contribution < 1.29 is 23.9 Å². The number of carbonyl (C=O) groups excluding carboxylic acids is 3. The van der Waals surface area contributed by atoms with Gasteiger partial charge in [-0.1, -0.05) is 73.0 Å². The summed E-state index contributed by atoms with van der Waals surface area (Å²) in [5.41, 5.74) is 3.77. The number of nitrogens with zero attached hydrogens (tertiary/aromatic N) is 1. The molecule has 0 aromatic carbocycles. The Balaban J connectivity index is 0.00000133. The highest BCUT2D eigenvalue weighted by Gasteiger charge is 2.34. The maximum Gasteiger partial charge on any atom is 0.410 e. The maximum atomic E-state index is 13.4. The Morgan fingerprint density at radius 3 is 2.10 bits per heavy atom. The van der Waals surface area contributed by atoms with Gasteiger partial charge in [-0.15, -0.1) is 11.3 Å². The topological polar surface area (TPSA) is 84.9 Å². The summed E-state index contributed by atoms with van der Waals surface area (Å²) in [5.74, 6) is 1.85. The van der Waals surface area contributed by atoms with Gasteiger partial charge in [-0.3, -0.25) is 9.59 Å². The molecule has 7 nitrogen and oxygen atoms in total. The third-order valence-corrected chi connectivity index (χ3v) is 10.2. The van der Waals surface area contributed by atoms with Crippen molar-refractivity contribution in [2.75, 3.05) is 32.8 Å². The van der Waals surface area contributed by atoms with Crippen LogP contribution < -0.4 is 5.32 Å². The maximum absolute atomic E-state index is 13.4. The molecule has 3 heterocycles. The zero-order chi connectivity index (χ0) is 38.6. The Morgan fingerprint density at radius 2 is 1.60 bits per heavy atom. The second-order valence-electron chi connectivity index (χ2n) is 14.7. The van der Waals surface area contributed by atoms with E-state index < -0.39 is 5.60 Å². The summed E-state index contributed by atoms with van der Waals surface area (Å²) in [5, 5.41) is 3.03. The lowest BCUT2D eigenvalue weighted by Gasteiger charge is -2.26. The predicted octanol–water partition coefficient (Wildman–Crippen LogP) is 11.4. The van der Waals surface area contributed by atoms with Crippen molar-refractivity contribution in [2.24, 2.45) is 11.8 Å². The molecule has 0 bridgehead atoms. The van der Waals surface area contributed by atoms with Gasteiger partial charge in [-0.2, -0.15) is 0 Å². The van der Waals surface area contributed by atoms with E-state index >= 15 is 0 Å². The number of nitrogens with one attached hydrogen (secondary N) is 1. The minimum atomic E-state index is -0.541. The summed E-state index contributed by atoms with van der Waals surface area (Å²) in [7, 11) is 0. The van der Waals surface area contributed by atoms with Crippen molar-refractivity contribution in [1.82, 2.24) is 10.2 Å². The molecule has 2 fully saturated rings. The van der Waals surface area contributed by atoms with Crippen molar-refractivity contribution in [3.05, 3.63) is 43.7 Å². The van der Waals surface area contributed by atoms with E-state index in [4.69, 9.17) is 9.47 Å². The van der Waals surface area contributed by atoms with Gasteiger partial charge < -0.3 is 19.7 Å². The van der Waals surface area contributed by atoms with Gasteiger partial charge in [-0.25, -0.2) is 4.79 Å². The van der Waals surface area contributed by atoms with E-state index in [9.17, 15) is 14.4 Å². The molecule has 3 rings (SSSR count). The molecule has 288 valence electrons. The number of hydrogen-bond acceptors (Lipinski definition) is 6. The van der Waals surface area contributed by atoms with Crippen LogP contribution in [0.1, 0.15) is 167 Å². The summed E-state index contributed by atoms with van der Waals surface area (Å²) < 4.78 is 10.8. The fraction of sp³-hybridized carbons (Fsp3) is 0.738. The number of carbonyl (C=O) groups is 3. The summed E-state index contributed by atoms with van der Waals surface area (Å²) in [6.45, 7) is 33.7. The molecule has 2 aliphatic rings. The lowest BCUT2D eigenvalue weighted by Crippen LogP contribution is -2.35. The van der Waals surface area contributed by atoms with Crippen molar-refractivity contribution in [3.8, 4) is 0 Å². The van der Waals surface area contributed by atoms with Gasteiger partial charge in [0.1, 0.15) is 5.60 Å². The predicted molar refractivity (Wildman–Crippen MR) is 214 cm³/mol. The molecule has 2 unspecified atom stereocenters. The SMILES string of the molecule is CC.CCC.CCC(C)C1CCOCC1.CCCC(=O)/C(CNC(=O)c1c(C2CCN(C(=O)OC(C)(C)C)C2)sc(C)c1C)=C(/C)C=C(C)C. The van der Waals surface area contributed by atoms with Crippen LogP contribution in [-0.4, -0.2) is 61.1 Å². The van der Waals surface area contributed by atoms with Crippen LogP contribution in [0, 0.1) is 25.7 Å². The molecule has 2 aliphatic heterocycles. The van der Waals surface area contributed by atoms with Gasteiger partial charge in [-0.05, 0) is 104 Å². The summed E-state index contributed by atoms with van der Waals surface area (Å²) in [6.07, 6.45) is 8.84. The van der Waals surface area contributed by atoms with E-state index in [1.54, 1.807) is 16.2 Å². The van der Waals surface area contributed by atoms with E-state index in [0.717, 1.165) is 64.4 Å². The van der Waals surface area contributed by atoms with Gasteiger partial charge in [0.15, 0.2) is 5.78 Å². The third kappa shape index (κ3) is 16.7. The highest BCUT2D eigenvalue weighted by atomic mass is 32.1. The highest BCUT2D eigenvalue weighted by molar-refractivity contribution is 7.12. The molecule has 0 aliphatic carbocycles. The fourth-order valence-electron chi connectivity index (χ4n) is 5.92. The highest BCUT2D eigenvalue weighted by Crippen LogP contribution is 2.38. The second-order valence-corrected chi connectivity index (χ2v) is 16.0. The van der Waals surface area contributed by atoms with Gasteiger partial charge in [0.2, 0.25) is 0 Å². The second kappa shape index (κ2) is 24.7. The van der Waals surface area contributed by atoms with Crippen molar-refractivity contribution in [2.45, 2.75) is 160 Å². The van der Waals surface area contributed by atoms with Crippen molar-refractivity contribution in [3.63, 3.8) is 0 Å². The number of Topliss-reactive ketones (excluding diaryl/α,β-unsaturated/α-hetero) is 1. The van der Waals surface area contributed by atoms with Crippen LogP contribution in [0.25, 0.3) is 0 Å². The van der Waals surface area contributed by atoms with Gasteiger partial charge in [0, 0.05) is 60.5 Å². The lowest BCUT2D eigenvalue weighted by molar-refractivity contribution is -0.115. The first-order valence-electron chi connectivity index (χ1n) is 19.3. The minimum absolute atomic E-state index is 0.0741. The largest absolute Gasteiger partial charge is 0.444 e. The molecule has 8 heteroatoms. The van der Waals surface area contributed by atoms with E-state index in [1.165, 1.54) is 25.7 Å². The Morgan fingerprint density at radius 1 is 1.02 bits per heavy atom. The Bertz CT molecular complexity index is 1230. The van der Waals surface area contributed by atoms with E-state index in [-0.39, 0.29) is 30.2 Å².